The third kappa shape index (κ3) is 6.35. The zero-order chi connectivity index (χ0) is 22.7. The maximum atomic E-state index is 12.7. The number of nitrogens with one attached hydrogen (secondary N) is 1. The topological polar surface area (TPSA) is 105 Å². The van der Waals surface area contributed by atoms with Crippen molar-refractivity contribution in [3.05, 3.63) is 26.6 Å². The van der Waals surface area contributed by atoms with Crippen LogP contribution in [0.25, 0.3) is 10.2 Å². The molecule has 1 aliphatic carbocycles. The summed E-state index contributed by atoms with van der Waals surface area (Å²) >= 11 is 1.19. The maximum Gasteiger partial charge on any atom is 0.348 e. The Morgan fingerprint density at radius 2 is 2.00 bits per heavy atom. The molecule has 2 aromatic heterocycles. The van der Waals surface area contributed by atoms with Crippen molar-refractivity contribution in [3.63, 3.8) is 0 Å². The normalized spacial score (nSPS) is 15.4. The van der Waals surface area contributed by atoms with Crippen LogP contribution in [-0.2, 0) is 16.0 Å². The van der Waals surface area contributed by atoms with Crippen LogP contribution in [-0.4, -0.2) is 64.0 Å². The number of H-pyrrole nitrogens is 1. The number of aliphatic hydroxyl groups excluding tert-OH is 1. The van der Waals surface area contributed by atoms with Crippen molar-refractivity contribution in [3.8, 4) is 0 Å². The number of aromatic amines is 1. The summed E-state index contributed by atoms with van der Waals surface area (Å²) < 4.78 is 10.9. The number of fused-ring (bicyclic) bond motifs is 1. The summed E-state index contributed by atoms with van der Waals surface area (Å²) in [5.41, 5.74) is 0.344. The summed E-state index contributed by atoms with van der Waals surface area (Å²) in [6.07, 6.45) is 1.29. The number of carbonyl (C=O) groups is 1. The minimum Gasteiger partial charge on any atom is -0.459 e. The second-order valence-electron chi connectivity index (χ2n) is 8.95. The molecule has 1 fully saturated rings. The van der Waals surface area contributed by atoms with Crippen molar-refractivity contribution in [1.82, 2.24) is 14.9 Å². The molecule has 0 amide bonds. The second-order valence-corrected chi connectivity index (χ2v) is 9.95. The summed E-state index contributed by atoms with van der Waals surface area (Å²) in [6.45, 7) is 11.3. The molecule has 0 aliphatic heterocycles. The quantitative estimate of drug-likeness (QED) is 0.506. The van der Waals surface area contributed by atoms with E-state index in [9.17, 15) is 14.7 Å². The van der Waals surface area contributed by atoms with E-state index in [-0.39, 0.29) is 18.3 Å². The Labute approximate surface area is 186 Å². The first-order valence-electron chi connectivity index (χ1n) is 10.9. The Bertz CT molecular complexity index is 964. The van der Waals surface area contributed by atoms with Gasteiger partial charge in [0.05, 0.1) is 30.7 Å². The molecule has 0 spiro atoms. The van der Waals surface area contributed by atoms with Crippen LogP contribution in [0.3, 0.4) is 0 Å². The van der Waals surface area contributed by atoms with Gasteiger partial charge >= 0.3 is 5.97 Å². The molecule has 2 aromatic rings. The van der Waals surface area contributed by atoms with E-state index in [1.165, 1.54) is 11.3 Å². The van der Waals surface area contributed by atoms with E-state index < -0.39 is 12.1 Å². The summed E-state index contributed by atoms with van der Waals surface area (Å²) in [5, 5.41) is 10.8. The number of ether oxygens (including phenoxy) is 2. The molecule has 9 heteroatoms. The SMILES string of the molecule is Cc1c(C(=O)OC(C)C)sc2nc(CN(CC(O)COCC(C)C)C3CC3)[nH]c(=O)c12. The average Bonchev–Trinajstić information content (AvgIpc) is 3.44. The summed E-state index contributed by atoms with van der Waals surface area (Å²) in [4.78, 5) is 35.7. The summed E-state index contributed by atoms with van der Waals surface area (Å²) in [5.74, 6) is 0.523. The minimum atomic E-state index is -0.601. The molecular weight excluding hydrogens is 418 g/mol. The van der Waals surface area contributed by atoms with Crippen LogP contribution in [0.5, 0.6) is 0 Å². The van der Waals surface area contributed by atoms with Gasteiger partial charge in [-0.05, 0) is 45.1 Å². The molecule has 0 saturated heterocycles. The lowest BCUT2D eigenvalue weighted by Crippen LogP contribution is -2.37. The van der Waals surface area contributed by atoms with Gasteiger partial charge in [0.15, 0.2) is 0 Å². The molecule has 0 radical (unpaired) electrons. The van der Waals surface area contributed by atoms with Crippen LogP contribution in [0.4, 0.5) is 0 Å². The van der Waals surface area contributed by atoms with E-state index in [0.717, 1.165) is 12.8 Å². The van der Waals surface area contributed by atoms with Crippen molar-refractivity contribution in [2.75, 3.05) is 19.8 Å². The number of hydrogen-bond acceptors (Lipinski definition) is 8. The van der Waals surface area contributed by atoms with Crippen molar-refractivity contribution < 1.29 is 19.4 Å². The highest BCUT2D eigenvalue weighted by atomic mass is 32.1. The van der Waals surface area contributed by atoms with Crippen LogP contribution < -0.4 is 5.56 Å². The molecule has 172 valence electrons. The van der Waals surface area contributed by atoms with Gasteiger partial charge in [-0.25, -0.2) is 9.78 Å². The lowest BCUT2D eigenvalue weighted by molar-refractivity contribution is 0.00510. The predicted octanol–water partition coefficient (Wildman–Crippen LogP) is 2.86. The van der Waals surface area contributed by atoms with Gasteiger partial charge in [-0.15, -0.1) is 11.3 Å². The van der Waals surface area contributed by atoms with Gasteiger partial charge in [0.25, 0.3) is 5.56 Å². The van der Waals surface area contributed by atoms with E-state index in [0.29, 0.717) is 58.1 Å². The third-order valence-corrected chi connectivity index (χ3v) is 6.17. The van der Waals surface area contributed by atoms with Gasteiger partial charge in [0.2, 0.25) is 0 Å². The van der Waals surface area contributed by atoms with Crippen LogP contribution in [0.15, 0.2) is 4.79 Å². The Hall–Kier alpha value is -1.81. The molecule has 1 saturated carbocycles. The first-order chi connectivity index (χ1) is 14.7. The van der Waals surface area contributed by atoms with Crippen LogP contribution in [0, 0.1) is 12.8 Å². The van der Waals surface area contributed by atoms with Gasteiger partial charge < -0.3 is 19.6 Å². The highest BCUT2D eigenvalue weighted by Gasteiger charge is 2.31. The zero-order valence-electron chi connectivity index (χ0n) is 18.9. The molecule has 0 bridgehead atoms. The molecule has 2 N–H and O–H groups in total. The number of aryl methyl sites for hydroxylation is 1. The summed E-state index contributed by atoms with van der Waals surface area (Å²) in [7, 11) is 0. The molecule has 31 heavy (non-hydrogen) atoms. The van der Waals surface area contributed by atoms with E-state index in [2.05, 4.69) is 28.7 Å². The number of aliphatic hydroxyl groups is 1. The van der Waals surface area contributed by atoms with Gasteiger partial charge in [0.1, 0.15) is 15.5 Å². The Morgan fingerprint density at radius 1 is 1.29 bits per heavy atom. The first-order valence-corrected chi connectivity index (χ1v) is 11.7. The predicted molar refractivity (Wildman–Crippen MR) is 121 cm³/mol. The van der Waals surface area contributed by atoms with Crippen LogP contribution >= 0.6 is 11.3 Å². The van der Waals surface area contributed by atoms with Crippen LogP contribution in [0.1, 0.15) is 61.6 Å². The van der Waals surface area contributed by atoms with E-state index in [1.807, 2.05) is 0 Å². The van der Waals surface area contributed by atoms with Crippen molar-refractivity contribution in [2.45, 2.75) is 72.3 Å². The highest BCUT2D eigenvalue weighted by molar-refractivity contribution is 7.20. The van der Waals surface area contributed by atoms with Gasteiger partial charge in [-0.3, -0.25) is 9.69 Å². The van der Waals surface area contributed by atoms with Crippen molar-refractivity contribution in [2.24, 2.45) is 5.92 Å². The van der Waals surface area contributed by atoms with E-state index in [1.54, 1.807) is 20.8 Å². The monoisotopic (exact) mass is 451 g/mol. The standard InChI is InChI=1S/C22H33N3O5S/c1-12(2)10-29-11-16(26)8-25(15-6-7-15)9-17-23-20(27)18-14(5)19(31-21(18)24-17)22(28)30-13(3)4/h12-13,15-16,26H,6-11H2,1-5H3,(H,23,24,27). The van der Waals surface area contributed by atoms with Gasteiger partial charge in [0, 0.05) is 19.2 Å². The second kappa shape index (κ2) is 10.2. The number of nitrogens with zero attached hydrogens (tertiary/aromatic N) is 2. The molecule has 1 atom stereocenters. The largest absolute Gasteiger partial charge is 0.459 e. The Kier molecular flexibility index (Phi) is 7.85. The molecule has 3 rings (SSSR count). The minimum absolute atomic E-state index is 0.234. The van der Waals surface area contributed by atoms with Crippen molar-refractivity contribution >= 4 is 27.5 Å². The third-order valence-electron chi connectivity index (χ3n) is 5.00. The van der Waals surface area contributed by atoms with E-state index in [4.69, 9.17) is 9.47 Å². The fourth-order valence-electron chi connectivity index (χ4n) is 3.46. The molecule has 8 nitrogen and oxygen atoms in total. The lowest BCUT2D eigenvalue weighted by Gasteiger charge is -2.24. The number of esters is 1. The summed E-state index contributed by atoms with van der Waals surface area (Å²) in [6, 6.07) is 0.377. The molecular formula is C22H33N3O5S. The molecule has 1 aliphatic rings. The number of thiophene rings is 1. The lowest BCUT2D eigenvalue weighted by atomic mass is 10.2. The van der Waals surface area contributed by atoms with Crippen LogP contribution in [0.2, 0.25) is 0 Å². The number of aromatic nitrogens is 2. The first kappa shape index (κ1) is 23.8. The average molecular weight is 452 g/mol. The fraction of sp³-hybridized carbons (Fsp3) is 0.682. The van der Waals surface area contributed by atoms with Crippen molar-refractivity contribution in [1.29, 1.82) is 0 Å². The number of carbonyl (C=O) groups excluding carboxylic acids is 1. The fourth-order valence-corrected chi connectivity index (χ4v) is 4.55. The maximum absolute atomic E-state index is 12.7. The van der Waals surface area contributed by atoms with E-state index >= 15 is 0 Å². The van der Waals surface area contributed by atoms with Gasteiger partial charge in [-0.1, -0.05) is 13.8 Å². The molecule has 1 unspecified atom stereocenters. The number of hydrogen-bond donors (Lipinski definition) is 2. The molecule has 2 heterocycles. The Morgan fingerprint density at radius 3 is 2.61 bits per heavy atom. The van der Waals surface area contributed by atoms with Gasteiger partial charge in [-0.2, -0.15) is 0 Å². The smallest absolute Gasteiger partial charge is 0.348 e. The Balaban J connectivity index is 1.75. The zero-order valence-corrected chi connectivity index (χ0v) is 19.8. The molecule has 0 aromatic carbocycles. The number of rotatable bonds is 11. The highest BCUT2D eigenvalue weighted by Crippen LogP contribution is 2.30.